The van der Waals surface area contributed by atoms with Gasteiger partial charge in [0.2, 0.25) is 0 Å². The summed E-state index contributed by atoms with van der Waals surface area (Å²) in [5.41, 5.74) is 0.982. The van der Waals surface area contributed by atoms with Crippen molar-refractivity contribution in [3.05, 3.63) is 59.2 Å². The Kier molecular flexibility index (Phi) is 5.88. The first kappa shape index (κ1) is 20.3. The Morgan fingerprint density at radius 3 is 2.72 bits per heavy atom. The van der Waals surface area contributed by atoms with Crippen molar-refractivity contribution in [3.8, 4) is 5.75 Å². The average molecular weight is 421 g/mol. The Labute approximate surface area is 172 Å². The molecule has 0 amide bonds. The van der Waals surface area contributed by atoms with E-state index in [1.807, 2.05) is 18.2 Å². The van der Waals surface area contributed by atoms with Gasteiger partial charge in [-0.25, -0.2) is 0 Å². The molecule has 0 saturated carbocycles. The highest BCUT2D eigenvalue weighted by molar-refractivity contribution is 7.99. The van der Waals surface area contributed by atoms with Crippen molar-refractivity contribution in [1.29, 1.82) is 0 Å². The first-order valence-corrected chi connectivity index (χ1v) is 10.7. The number of benzene rings is 2. The summed E-state index contributed by atoms with van der Waals surface area (Å²) in [5, 5.41) is 0. The van der Waals surface area contributed by atoms with Gasteiger partial charge >= 0.3 is 6.18 Å². The van der Waals surface area contributed by atoms with E-state index in [1.54, 1.807) is 23.9 Å². The van der Waals surface area contributed by atoms with E-state index in [0.717, 1.165) is 53.6 Å². The number of carbonyl (C=O) groups excluding carboxylic acids is 1. The van der Waals surface area contributed by atoms with E-state index in [0.29, 0.717) is 25.1 Å². The Bertz CT molecular complexity index is 883. The minimum absolute atomic E-state index is 0.0879. The van der Waals surface area contributed by atoms with Gasteiger partial charge < -0.3 is 9.64 Å². The van der Waals surface area contributed by atoms with Gasteiger partial charge in [-0.1, -0.05) is 18.2 Å². The molecule has 0 bridgehead atoms. The molecule has 154 valence electrons. The number of ketones is 1. The predicted molar refractivity (Wildman–Crippen MR) is 107 cm³/mol. The van der Waals surface area contributed by atoms with E-state index >= 15 is 0 Å². The number of hydrogen-bond acceptors (Lipinski definition) is 4. The number of Topliss-reactive ketones (excluding diaryl/α,β-unsaturated/α-hetero) is 1. The molecule has 4 rings (SSSR count). The SMILES string of the molecule is O=C(CCN1CCC(c2ccc(C(F)(F)F)cc2)C1)c1ccc2c(c1)OCCS2. The molecule has 0 N–H and O–H groups in total. The number of fused-ring (bicyclic) bond motifs is 1. The van der Waals surface area contributed by atoms with E-state index < -0.39 is 11.7 Å². The number of ether oxygens (including phenoxy) is 1. The molecule has 2 heterocycles. The molecule has 1 unspecified atom stereocenters. The van der Waals surface area contributed by atoms with Crippen LogP contribution >= 0.6 is 11.8 Å². The Balaban J connectivity index is 1.31. The van der Waals surface area contributed by atoms with Crippen LogP contribution in [0.2, 0.25) is 0 Å². The second-order valence-electron chi connectivity index (χ2n) is 7.44. The van der Waals surface area contributed by atoms with Crippen LogP contribution in [-0.2, 0) is 6.18 Å². The zero-order chi connectivity index (χ0) is 20.4. The molecular formula is C22H22F3NO2S. The first-order valence-electron chi connectivity index (χ1n) is 9.72. The third-order valence-corrected chi connectivity index (χ3v) is 6.52. The van der Waals surface area contributed by atoms with Gasteiger partial charge in [-0.15, -0.1) is 11.8 Å². The lowest BCUT2D eigenvalue weighted by Gasteiger charge is -2.18. The van der Waals surface area contributed by atoms with Crippen LogP contribution in [-0.4, -0.2) is 42.7 Å². The summed E-state index contributed by atoms with van der Waals surface area (Å²) in [5.74, 6) is 2.01. The van der Waals surface area contributed by atoms with Crippen molar-refractivity contribution in [2.75, 3.05) is 32.0 Å². The molecule has 7 heteroatoms. The van der Waals surface area contributed by atoms with Crippen molar-refractivity contribution in [2.45, 2.75) is 29.8 Å². The Hall–Kier alpha value is -1.99. The third-order valence-electron chi connectivity index (χ3n) is 5.50. The number of likely N-dealkylation sites (tertiary alicyclic amines) is 1. The largest absolute Gasteiger partial charge is 0.492 e. The summed E-state index contributed by atoms with van der Waals surface area (Å²) >= 11 is 1.74. The average Bonchev–Trinajstić information content (AvgIpc) is 3.20. The van der Waals surface area contributed by atoms with Crippen LogP contribution in [0, 0.1) is 0 Å². The molecule has 2 aromatic rings. The zero-order valence-electron chi connectivity index (χ0n) is 15.9. The number of nitrogens with zero attached hydrogens (tertiary/aromatic N) is 1. The molecule has 3 nitrogen and oxygen atoms in total. The molecular weight excluding hydrogens is 399 g/mol. The van der Waals surface area contributed by atoms with Crippen LogP contribution < -0.4 is 4.74 Å². The normalized spacial score (nSPS) is 19.6. The highest BCUT2D eigenvalue weighted by Gasteiger charge is 2.31. The van der Waals surface area contributed by atoms with E-state index in [1.165, 1.54) is 0 Å². The molecule has 1 fully saturated rings. The predicted octanol–water partition coefficient (Wildman–Crippen LogP) is 5.25. The van der Waals surface area contributed by atoms with Crippen LogP contribution in [0.3, 0.4) is 0 Å². The fourth-order valence-corrected chi connectivity index (χ4v) is 4.68. The summed E-state index contributed by atoms with van der Waals surface area (Å²) in [6.07, 6.45) is -2.99. The van der Waals surface area contributed by atoms with E-state index in [-0.39, 0.29) is 11.7 Å². The van der Waals surface area contributed by atoms with Crippen molar-refractivity contribution in [1.82, 2.24) is 4.90 Å². The van der Waals surface area contributed by atoms with Crippen LogP contribution in [0.1, 0.15) is 40.2 Å². The van der Waals surface area contributed by atoms with E-state index in [9.17, 15) is 18.0 Å². The molecule has 0 radical (unpaired) electrons. The monoisotopic (exact) mass is 421 g/mol. The maximum atomic E-state index is 12.7. The number of halogens is 3. The number of rotatable bonds is 5. The minimum Gasteiger partial charge on any atom is -0.492 e. The highest BCUT2D eigenvalue weighted by Crippen LogP contribution is 2.34. The highest BCUT2D eigenvalue weighted by atomic mass is 32.2. The molecule has 2 aliphatic heterocycles. The second kappa shape index (κ2) is 8.40. The summed E-state index contributed by atoms with van der Waals surface area (Å²) in [4.78, 5) is 15.9. The van der Waals surface area contributed by atoms with Gasteiger partial charge in [0.25, 0.3) is 0 Å². The van der Waals surface area contributed by atoms with Gasteiger partial charge in [0.1, 0.15) is 5.75 Å². The first-order chi connectivity index (χ1) is 13.9. The topological polar surface area (TPSA) is 29.5 Å². The summed E-state index contributed by atoms with van der Waals surface area (Å²) in [6, 6.07) is 11.1. The van der Waals surface area contributed by atoms with Crippen molar-refractivity contribution in [3.63, 3.8) is 0 Å². The number of carbonyl (C=O) groups is 1. The second-order valence-corrected chi connectivity index (χ2v) is 8.57. The van der Waals surface area contributed by atoms with Gasteiger partial charge in [-0.3, -0.25) is 4.79 Å². The third kappa shape index (κ3) is 4.78. The van der Waals surface area contributed by atoms with Gasteiger partial charge in [-0.05, 0) is 48.7 Å². The lowest BCUT2D eigenvalue weighted by molar-refractivity contribution is -0.137. The lowest BCUT2D eigenvalue weighted by Crippen LogP contribution is -2.23. The van der Waals surface area contributed by atoms with Crippen LogP contribution in [0.25, 0.3) is 0 Å². The number of alkyl halides is 3. The van der Waals surface area contributed by atoms with E-state index in [4.69, 9.17) is 4.74 Å². The molecule has 2 aliphatic rings. The van der Waals surface area contributed by atoms with Crippen molar-refractivity contribution >= 4 is 17.5 Å². The van der Waals surface area contributed by atoms with E-state index in [2.05, 4.69) is 4.90 Å². The lowest BCUT2D eigenvalue weighted by atomic mass is 9.97. The van der Waals surface area contributed by atoms with Crippen LogP contribution in [0.15, 0.2) is 47.4 Å². The maximum absolute atomic E-state index is 12.7. The van der Waals surface area contributed by atoms with Crippen LogP contribution in [0.5, 0.6) is 5.75 Å². The molecule has 0 aromatic heterocycles. The summed E-state index contributed by atoms with van der Waals surface area (Å²) in [6.45, 7) is 2.93. The summed E-state index contributed by atoms with van der Waals surface area (Å²) in [7, 11) is 0. The Morgan fingerprint density at radius 1 is 1.17 bits per heavy atom. The number of hydrogen-bond donors (Lipinski definition) is 0. The maximum Gasteiger partial charge on any atom is 0.416 e. The van der Waals surface area contributed by atoms with Gasteiger partial charge in [0.05, 0.1) is 12.2 Å². The van der Waals surface area contributed by atoms with Gasteiger partial charge in [-0.2, -0.15) is 13.2 Å². The standard InChI is InChI=1S/C22H22F3NO2S/c23-22(24,25)18-4-1-15(2-5-18)17-7-9-26(14-17)10-8-19(27)16-3-6-21-20(13-16)28-11-12-29-21/h1-6,13,17H,7-12,14H2. The molecule has 29 heavy (non-hydrogen) atoms. The van der Waals surface area contributed by atoms with Gasteiger partial charge in [0.15, 0.2) is 5.78 Å². The minimum atomic E-state index is -4.30. The molecule has 2 aromatic carbocycles. The molecule has 1 saturated heterocycles. The van der Waals surface area contributed by atoms with Crippen molar-refractivity contribution < 1.29 is 22.7 Å². The Morgan fingerprint density at radius 2 is 1.97 bits per heavy atom. The molecule has 1 atom stereocenters. The molecule has 0 aliphatic carbocycles. The quantitative estimate of drug-likeness (QED) is 0.617. The fourth-order valence-electron chi connectivity index (χ4n) is 3.87. The molecule has 0 spiro atoms. The van der Waals surface area contributed by atoms with Gasteiger partial charge in [0, 0.05) is 35.7 Å². The smallest absolute Gasteiger partial charge is 0.416 e. The zero-order valence-corrected chi connectivity index (χ0v) is 16.7. The fraction of sp³-hybridized carbons (Fsp3) is 0.409. The van der Waals surface area contributed by atoms with Crippen molar-refractivity contribution in [2.24, 2.45) is 0 Å². The van der Waals surface area contributed by atoms with Crippen LogP contribution in [0.4, 0.5) is 13.2 Å². The number of thioether (sulfide) groups is 1. The summed E-state index contributed by atoms with van der Waals surface area (Å²) < 4.78 is 43.8.